The summed E-state index contributed by atoms with van der Waals surface area (Å²) in [5.41, 5.74) is 1.16. The molecule has 14 heavy (non-hydrogen) atoms. The number of benzene rings is 1. The van der Waals surface area contributed by atoms with Crippen molar-refractivity contribution >= 4 is 11.6 Å². The van der Waals surface area contributed by atoms with Crippen LogP contribution in [0.15, 0.2) is 18.2 Å². The molecule has 0 aromatic heterocycles. The van der Waals surface area contributed by atoms with Gasteiger partial charge in [0.1, 0.15) is 5.75 Å². The van der Waals surface area contributed by atoms with E-state index in [2.05, 4.69) is 20.8 Å². The fraction of sp³-hybridized carbons (Fsp3) is 0.500. The van der Waals surface area contributed by atoms with Gasteiger partial charge in [0.25, 0.3) is 0 Å². The summed E-state index contributed by atoms with van der Waals surface area (Å²) in [7, 11) is 1.68. The number of ether oxygens (including phenoxy) is 1. The van der Waals surface area contributed by atoms with E-state index in [0.717, 1.165) is 22.8 Å². The average molecular weight is 213 g/mol. The van der Waals surface area contributed by atoms with Gasteiger partial charge in [0.15, 0.2) is 0 Å². The maximum Gasteiger partial charge on any atom is 0.124 e. The van der Waals surface area contributed by atoms with Crippen LogP contribution in [0.2, 0.25) is 5.02 Å². The molecule has 0 N–H and O–H groups in total. The van der Waals surface area contributed by atoms with Gasteiger partial charge in [0, 0.05) is 10.6 Å². The van der Waals surface area contributed by atoms with Crippen molar-refractivity contribution in [1.82, 2.24) is 0 Å². The summed E-state index contributed by atoms with van der Waals surface area (Å²) >= 11 is 6.19. The highest BCUT2D eigenvalue weighted by molar-refractivity contribution is 6.31. The Bertz CT molecular complexity index is 318. The normalized spacial score (nSPS) is 11.5. The molecular formula is C12H17ClO. The van der Waals surface area contributed by atoms with Crippen LogP contribution in [0.3, 0.4) is 0 Å². The minimum atomic E-state index is 0.0592. The summed E-state index contributed by atoms with van der Waals surface area (Å²) in [5, 5.41) is 0.788. The molecule has 0 saturated heterocycles. The lowest BCUT2D eigenvalue weighted by Gasteiger charge is -2.26. The molecule has 2 heteroatoms. The second-order valence-electron chi connectivity index (χ2n) is 4.05. The summed E-state index contributed by atoms with van der Waals surface area (Å²) in [4.78, 5) is 0. The topological polar surface area (TPSA) is 9.23 Å². The van der Waals surface area contributed by atoms with Gasteiger partial charge in [-0.05, 0) is 24.0 Å². The Kier molecular flexibility index (Phi) is 3.43. The fourth-order valence-electron chi connectivity index (χ4n) is 1.51. The summed E-state index contributed by atoms with van der Waals surface area (Å²) in [6.45, 7) is 6.51. The largest absolute Gasteiger partial charge is 0.496 e. The van der Waals surface area contributed by atoms with E-state index in [-0.39, 0.29) is 5.41 Å². The molecule has 0 aliphatic rings. The third-order valence-corrected chi connectivity index (χ3v) is 3.07. The molecule has 0 saturated carbocycles. The van der Waals surface area contributed by atoms with Gasteiger partial charge < -0.3 is 4.74 Å². The second kappa shape index (κ2) is 4.22. The van der Waals surface area contributed by atoms with Crippen LogP contribution >= 0.6 is 11.6 Å². The van der Waals surface area contributed by atoms with Crippen molar-refractivity contribution in [3.05, 3.63) is 28.8 Å². The average Bonchev–Trinajstić information content (AvgIpc) is 2.17. The van der Waals surface area contributed by atoms with Gasteiger partial charge in [-0.25, -0.2) is 0 Å². The van der Waals surface area contributed by atoms with Crippen molar-refractivity contribution in [2.45, 2.75) is 32.6 Å². The van der Waals surface area contributed by atoms with Crippen LogP contribution in [0.1, 0.15) is 32.8 Å². The molecule has 1 rings (SSSR count). The minimum absolute atomic E-state index is 0.0592. The van der Waals surface area contributed by atoms with Crippen LogP contribution < -0.4 is 4.74 Å². The molecule has 0 bridgehead atoms. The third-order valence-electron chi connectivity index (χ3n) is 2.76. The van der Waals surface area contributed by atoms with Gasteiger partial charge in [-0.2, -0.15) is 0 Å². The van der Waals surface area contributed by atoms with Gasteiger partial charge in [0.2, 0.25) is 0 Å². The van der Waals surface area contributed by atoms with E-state index in [9.17, 15) is 0 Å². The molecule has 0 fully saturated rings. The zero-order valence-corrected chi connectivity index (χ0v) is 9.98. The van der Waals surface area contributed by atoms with Gasteiger partial charge in [0.05, 0.1) is 7.11 Å². The Balaban J connectivity index is 3.30. The Morgan fingerprint density at radius 2 is 2.00 bits per heavy atom. The number of hydrogen-bond acceptors (Lipinski definition) is 1. The first-order chi connectivity index (χ1) is 6.53. The smallest absolute Gasteiger partial charge is 0.124 e. The molecule has 0 spiro atoms. The lowest BCUT2D eigenvalue weighted by molar-refractivity contribution is 0.389. The van der Waals surface area contributed by atoms with Crippen LogP contribution in [-0.4, -0.2) is 7.11 Å². The van der Waals surface area contributed by atoms with Crippen LogP contribution in [0, 0.1) is 0 Å². The van der Waals surface area contributed by atoms with Crippen LogP contribution in [-0.2, 0) is 5.41 Å². The lowest BCUT2D eigenvalue weighted by atomic mass is 9.81. The molecule has 78 valence electrons. The molecule has 1 aromatic carbocycles. The summed E-state index contributed by atoms with van der Waals surface area (Å²) in [5.74, 6) is 0.879. The molecule has 0 radical (unpaired) electrons. The summed E-state index contributed by atoms with van der Waals surface area (Å²) < 4.78 is 5.33. The van der Waals surface area contributed by atoms with Crippen molar-refractivity contribution in [3.8, 4) is 5.75 Å². The predicted molar refractivity (Wildman–Crippen MR) is 61.3 cm³/mol. The van der Waals surface area contributed by atoms with Gasteiger partial charge in [-0.3, -0.25) is 0 Å². The summed E-state index contributed by atoms with van der Waals surface area (Å²) in [6, 6.07) is 5.78. The van der Waals surface area contributed by atoms with Crippen molar-refractivity contribution in [3.63, 3.8) is 0 Å². The molecule has 0 aliphatic heterocycles. The molecule has 0 unspecified atom stereocenters. The van der Waals surface area contributed by atoms with Crippen LogP contribution in [0.4, 0.5) is 0 Å². The van der Waals surface area contributed by atoms with Crippen molar-refractivity contribution in [2.24, 2.45) is 0 Å². The Hall–Kier alpha value is -0.690. The first-order valence-electron chi connectivity index (χ1n) is 4.86. The highest BCUT2D eigenvalue weighted by Gasteiger charge is 2.24. The van der Waals surface area contributed by atoms with E-state index in [4.69, 9.17) is 16.3 Å². The molecule has 0 heterocycles. The second-order valence-corrected chi connectivity index (χ2v) is 4.46. The monoisotopic (exact) mass is 212 g/mol. The Morgan fingerprint density at radius 1 is 1.36 bits per heavy atom. The van der Waals surface area contributed by atoms with Gasteiger partial charge in [-0.15, -0.1) is 0 Å². The zero-order chi connectivity index (χ0) is 10.8. The lowest BCUT2D eigenvalue weighted by Crippen LogP contribution is -2.17. The van der Waals surface area contributed by atoms with E-state index in [1.165, 1.54) is 0 Å². The predicted octanol–water partition coefficient (Wildman–Crippen LogP) is 4.04. The summed E-state index contributed by atoms with van der Waals surface area (Å²) in [6.07, 6.45) is 1.03. The molecule has 0 amide bonds. The fourth-order valence-corrected chi connectivity index (χ4v) is 1.93. The van der Waals surface area contributed by atoms with E-state index in [1.54, 1.807) is 7.11 Å². The van der Waals surface area contributed by atoms with E-state index in [0.29, 0.717) is 0 Å². The standard InChI is InChI=1S/C12H17ClO/c1-5-12(2,3)11-9(13)7-6-8-10(11)14-4/h6-8H,5H2,1-4H3. The van der Waals surface area contributed by atoms with E-state index < -0.39 is 0 Å². The van der Waals surface area contributed by atoms with E-state index >= 15 is 0 Å². The molecular weight excluding hydrogens is 196 g/mol. The van der Waals surface area contributed by atoms with Crippen molar-refractivity contribution < 1.29 is 4.74 Å². The first kappa shape index (κ1) is 11.4. The van der Waals surface area contributed by atoms with Crippen LogP contribution in [0.25, 0.3) is 0 Å². The van der Waals surface area contributed by atoms with Gasteiger partial charge in [-0.1, -0.05) is 38.4 Å². The maximum atomic E-state index is 6.19. The molecule has 0 atom stereocenters. The van der Waals surface area contributed by atoms with Gasteiger partial charge >= 0.3 is 0 Å². The molecule has 1 aromatic rings. The minimum Gasteiger partial charge on any atom is -0.496 e. The first-order valence-corrected chi connectivity index (χ1v) is 5.23. The molecule has 1 nitrogen and oxygen atoms in total. The highest BCUT2D eigenvalue weighted by atomic mass is 35.5. The quantitative estimate of drug-likeness (QED) is 0.735. The third kappa shape index (κ3) is 2.03. The molecule has 0 aliphatic carbocycles. The van der Waals surface area contributed by atoms with Crippen molar-refractivity contribution in [2.75, 3.05) is 7.11 Å². The Morgan fingerprint density at radius 3 is 2.50 bits per heavy atom. The van der Waals surface area contributed by atoms with Crippen molar-refractivity contribution in [1.29, 1.82) is 0 Å². The maximum absolute atomic E-state index is 6.19. The van der Waals surface area contributed by atoms with Crippen LogP contribution in [0.5, 0.6) is 5.75 Å². The van der Waals surface area contributed by atoms with E-state index in [1.807, 2.05) is 18.2 Å². The number of rotatable bonds is 3. The zero-order valence-electron chi connectivity index (χ0n) is 9.23. The number of methoxy groups -OCH3 is 1. The Labute approximate surface area is 91.0 Å². The SMILES string of the molecule is CCC(C)(C)c1c(Cl)cccc1OC. The number of halogens is 1. The highest BCUT2D eigenvalue weighted by Crippen LogP contribution is 2.38. The number of hydrogen-bond donors (Lipinski definition) is 0.